The van der Waals surface area contributed by atoms with Gasteiger partial charge in [-0.15, -0.1) is 0 Å². The van der Waals surface area contributed by atoms with Crippen molar-refractivity contribution in [3.63, 3.8) is 0 Å². The van der Waals surface area contributed by atoms with E-state index in [9.17, 15) is 13.6 Å². The number of nitriles is 1. The molecule has 0 aliphatic rings. The zero-order valence-electron chi connectivity index (χ0n) is 13.3. The summed E-state index contributed by atoms with van der Waals surface area (Å²) in [6.07, 6.45) is 2.91. The van der Waals surface area contributed by atoms with Crippen molar-refractivity contribution < 1.29 is 13.6 Å². The topological polar surface area (TPSA) is 52.9 Å². The molecule has 0 heterocycles. The number of hydrogen-bond acceptors (Lipinski definition) is 2. The molecule has 0 radical (unpaired) electrons. The normalized spacial score (nSPS) is 12.0. The van der Waals surface area contributed by atoms with Gasteiger partial charge in [-0.3, -0.25) is 4.79 Å². The summed E-state index contributed by atoms with van der Waals surface area (Å²) in [5, 5.41) is 11.5. The van der Waals surface area contributed by atoms with E-state index in [1.807, 2.05) is 32.0 Å². The second-order valence-corrected chi connectivity index (χ2v) is 5.43. The van der Waals surface area contributed by atoms with E-state index in [0.717, 1.165) is 28.8 Å². The van der Waals surface area contributed by atoms with Crippen molar-refractivity contribution in [2.24, 2.45) is 0 Å². The average molecular weight is 326 g/mol. The van der Waals surface area contributed by atoms with Crippen molar-refractivity contribution in [2.45, 2.75) is 19.9 Å². The number of carbonyl (C=O) groups excluding carboxylic acids is 1. The number of rotatable bonds is 4. The summed E-state index contributed by atoms with van der Waals surface area (Å²) in [5.41, 5.74) is 2.93. The van der Waals surface area contributed by atoms with Gasteiger partial charge in [0.25, 0.3) is 0 Å². The van der Waals surface area contributed by atoms with Crippen LogP contribution in [0.1, 0.15) is 28.3 Å². The molecule has 24 heavy (non-hydrogen) atoms. The first-order valence-electron chi connectivity index (χ1n) is 7.31. The summed E-state index contributed by atoms with van der Waals surface area (Å²) in [6, 6.07) is 9.27. The molecule has 1 atom stereocenters. The fourth-order valence-corrected chi connectivity index (χ4v) is 2.28. The van der Waals surface area contributed by atoms with Gasteiger partial charge in [0.05, 0.1) is 6.07 Å². The number of hydrogen-bond donors (Lipinski definition) is 1. The molecule has 1 unspecified atom stereocenters. The molecular weight excluding hydrogens is 310 g/mol. The largest absolute Gasteiger partial charge is 0.333 e. The van der Waals surface area contributed by atoms with Gasteiger partial charge in [0.1, 0.15) is 17.7 Å². The van der Waals surface area contributed by atoms with Crippen LogP contribution in [0.25, 0.3) is 6.08 Å². The van der Waals surface area contributed by atoms with Gasteiger partial charge >= 0.3 is 0 Å². The van der Waals surface area contributed by atoms with Crippen LogP contribution < -0.4 is 5.32 Å². The Morgan fingerprint density at radius 2 is 1.96 bits per heavy atom. The molecular formula is C19H16F2N2O. The first-order chi connectivity index (χ1) is 11.4. The molecule has 0 bridgehead atoms. The molecule has 122 valence electrons. The predicted molar refractivity (Wildman–Crippen MR) is 87.8 cm³/mol. The second-order valence-electron chi connectivity index (χ2n) is 5.43. The number of aryl methyl sites for hydroxylation is 2. The average Bonchev–Trinajstić information content (AvgIpc) is 2.52. The van der Waals surface area contributed by atoms with Crippen molar-refractivity contribution >= 4 is 12.0 Å². The highest BCUT2D eigenvalue weighted by Crippen LogP contribution is 2.18. The molecule has 2 aromatic rings. The van der Waals surface area contributed by atoms with E-state index >= 15 is 0 Å². The van der Waals surface area contributed by atoms with Crippen molar-refractivity contribution in [2.75, 3.05) is 0 Å². The van der Waals surface area contributed by atoms with Crippen molar-refractivity contribution in [1.82, 2.24) is 5.32 Å². The van der Waals surface area contributed by atoms with Crippen molar-refractivity contribution in [3.05, 3.63) is 76.4 Å². The van der Waals surface area contributed by atoms with Crippen molar-refractivity contribution in [1.29, 1.82) is 5.26 Å². The fourth-order valence-electron chi connectivity index (χ4n) is 2.28. The number of nitrogens with zero attached hydrogens (tertiary/aromatic N) is 1. The molecule has 1 N–H and O–H groups in total. The minimum atomic E-state index is -1.19. The fraction of sp³-hybridized carbons (Fsp3) is 0.158. The lowest BCUT2D eigenvalue weighted by Gasteiger charge is -2.11. The number of benzene rings is 2. The second kappa shape index (κ2) is 7.51. The van der Waals surface area contributed by atoms with Crippen LogP contribution in [0, 0.1) is 36.8 Å². The van der Waals surface area contributed by atoms with Crippen LogP contribution in [-0.2, 0) is 4.79 Å². The van der Waals surface area contributed by atoms with E-state index in [0.29, 0.717) is 6.07 Å². The van der Waals surface area contributed by atoms with Crippen LogP contribution in [0.2, 0.25) is 0 Å². The Kier molecular flexibility index (Phi) is 5.43. The monoisotopic (exact) mass is 326 g/mol. The summed E-state index contributed by atoms with van der Waals surface area (Å²) in [6.45, 7) is 3.90. The maximum Gasteiger partial charge on any atom is 0.245 e. The molecule has 0 aliphatic heterocycles. The lowest BCUT2D eigenvalue weighted by Crippen LogP contribution is -2.26. The standard InChI is InChI=1S/C19H16F2N2O/c1-12-3-4-14(13(2)9-12)5-8-19(24)23-18(11-22)16-7-6-15(20)10-17(16)21/h3-10,18H,1-2H3,(H,23,24)/b8-5+. The van der Waals surface area contributed by atoms with Crippen LogP contribution in [0.3, 0.4) is 0 Å². The molecule has 1 amide bonds. The van der Waals surface area contributed by atoms with Gasteiger partial charge in [-0.05, 0) is 37.1 Å². The van der Waals surface area contributed by atoms with Gasteiger partial charge in [-0.1, -0.05) is 29.8 Å². The van der Waals surface area contributed by atoms with E-state index < -0.39 is 23.6 Å². The SMILES string of the molecule is Cc1ccc(/C=C/C(=O)NC(C#N)c2ccc(F)cc2F)c(C)c1. The van der Waals surface area contributed by atoms with Gasteiger partial charge in [-0.2, -0.15) is 5.26 Å². The van der Waals surface area contributed by atoms with E-state index in [1.165, 1.54) is 6.08 Å². The Labute approximate surface area is 139 Å². The van der Waals surface area contributed by atoms with Crippen LogP contribution >= 0.6 is 0 Å². The van der Waals surface area contributed by atoms with Crippen LogP contribution in [0.4, 0.5) is 8.78 Å². The maximum atomic E-state index is 13.7. The zero-order valence-corrected chi connectivity index (χ0v) is 13.3. The lowest BCUT2D eigenvalue weighted by molar-refractivity contribution is -0.116. The minimum Gasteiger partial charge on any atom is -0.333 e. The number of nitrogens with one attached hydrogen (secondary N) is 1. The van der Waals surface area contributed by atoms with Gasteiger partial charge in [0.15, 0.2) is 0 Å². The van der Waals surface area contributed by atoms with Gasteiger partial charge in [-0.25, -0.2) is 8.78 Å². The summed E-state index contributed by atoms with van der Waals surface area (Å²) in [4.78, 5) is 12.0. The Bertz CT molecular complexity index is 838. The van der Waals surface area contributed by atoms with Crippen LogP contribution in [0.5, 0.6) is 0 Å². The molecule has 5 heteroatoms. The molecule has 2 rings (SSSR count). The van der Waals surface area contributed by atoms with Gasteiger partial charge in [0, 0.05) is 17.7 Å². The summed E-state index contributed by atoms with van der Waals surface area (Å²) < 4.78 is 26.6. The highest BCUT2D eigenvalue weighted by molar-refractivity contribution is 5.92. The predicted octanol–water partition coefficient (Wildman–Crippen LogP) is 3.98. The molecule has 0 saturated heterocycles. The van der Waals surface area contributed by atoms with E-state index in [4.69, 9.17) is 5.26 Å². The molecule has 0 spiro atoms. The van der Waals surface area contributed by atoms with E-state index in [1.54, 1.807) is 12.1 Å². The van der Waals surface area contributed by atoms with E-state index in [2.05, 4.69) is 5.32 Å². The van der Waals surface area contributed by atoms with Gasteiger partial charge < -0.3 is 5.32 Å². The highest BCUT2D eigenvalue weighted by Gasteiger charge is 2.17. The third kappa shape index (κ3) is 4.26. The minimum absolute atomic E-state index is 0.0767. The van der Waals surface area contributed by atoms with E-state index in [-0.39, 0.29) is 5.56 Å². The first-order valence-corrected chi connectivity index (χ1v) is 7.31. The molecule has 0 aromatic heterocycles. The first kappa shape index (κ1) is 17.4. The molecule has 3 nitrogen and oxygen atoms in total. The molecule has 0 fully saturated rings. The Morgan fingerprint density at radius 3 is 2.58 bits per heavy atom. The Hall–Kier alpha value is -3.00. The number of carbonyl (C=O) groups is 1. The molecule has 0 saturated carbocycles. The van der Waals surface area contributed by atoms with Crippen LogP contribution in [-0.4, -0.2) is 5.91 Å². The Morgan fingerprint density at radius 1 is 1.21 bits per heavy atom. The Balaban J connectivity index is 2.12. The zero-order chi connectivity index (χ0) is 17.7. The summed E-state index contributed by atoms with van der Waals surface area (Å²) >= 11 is 0. The summed E-state index contributed by atoms with van der Waals surface area (Å²) in [5.74, 6) is -2.15. The lowest BCUT2D eigenvalue weighted by atomic mass is 10.1. The maximum absolute atomic E-state index is 13.7. The number of amides is 1. The smallest absolute Gasteiger partial charge is 0.245 e. The van der Waals surface area contributed by atoms with Crippen molar-refractivity contribution in [3.8, 4) is 6.07 Å². The molecule has 0 aliphatic carbocycles. The third-order valence-corrected chi connectivity index (χ3v) is 3.53. The van der Waals surface area contributed by atoms with Gasteiger partial charge in [0.2, 0.25) is 5.91 Å². The molecule has 2 aromatic carbocycles. The number of halogens is 2. The quantitative estimate of drug-likeness (QED) is 0.864. The van der Waals surface area contributed by atoms with Crippen LogP contribution in [0.15, 0.2) is 42.5 Å². The third-order valence-electron chi connectivity index (χ3n) is 3.53. The highest BCUT2D eigenvalue weighted by atomic mass is 19.1. The summed E-state index contributed by atoms with van der Waals surface area (Å²) in [7, 11) is 0.